The van der Waals surface area contributed by atoms with E-state index in [0.29, 0.717) is 5.82 Å². The van der Waals surface area contributed by atoms with Gasteiger partial charge in [0.1, 0.15) is 6.54 Å². The van der Waals surface area contributed by atoms with Crippen molar-refractivity contribution in [1.29, 1.82) is 0 Å². The van der Waals surface area contributed by atoms with Crippen molar-refractivity contribution in [2.75, 3.05) is 0 Å². The van der Waals surface area contributed by atoms with Gasteiger partial charge < -0.3 is 5.32 Å². The fourth-order valence-corrected chi connectivity index (χ4v) is 2.37. The summed E-state index contributed by atoms with van der Waals surface area (Å²) < 4.78 is 0. The third kappa shape index (κ3) is 3.84. The zero-order valence-electron chi connectivity index (χ0n) is 13.7. The Morgan fingerprint density at radius 3 is 2.54 bits per heavy atom. The number of nitrogens with one attached hydrogen (secondary N) is 1. The van der Waals surface area contributed by atoms with Crippen molar-refractivity contribution in [2.45, 2.75) is 26.4 Å². The molecule has 1 aromatic heterocycles. The number of carbonyl (C=O) groups is 1. The van der Waals surface area contributed by atoms with Crippen LogP contribution in [0.4, 0.5) is 0 Å². The van der Waals surface area contributed by atoms with Gasteiger partial charge in [0, 0.05) is 5.56 Å². The molecule has 1 amide bonds. The van der Waals surface area contributed by atoms with Crippen LogP contribution in [0, 0.1) is 6.92 Å². The minimum absolute atomic E-state index is 0.0377. The largest absolute Gasteiger partial charge is 0.348 e. The van der Waals surface area contributed by atoms with Crippen LogP contribution in [0.25, 0.3) is 11.4 Å². The quantitative estimate of drug-likeness (QED) is 0.784. The molecule has 0 aliphatic rings. The number of aryl methyl sites for hydroxylation is 1. The molecule has 0 fully saturated rings. The lowest BCUT2D eigenvalue weighted by molar-refractivity contribution is -0.122. The zero-order valence-corrected chi connectivity index (χ0v) is 13.7. The molecule has 0 saturated carbocycles. The van der Waals surface area contributed by atoms with Crippen molar-refractivity contribution < 1.29 is 4.79 Å². The van der Waals surface area contributed by atoms with E-state index in [2.05, 4.69) is 20.7 Å². The van der Waals surface area contributed by atoms with Gasteiger partial charge in [-0.05, 0) is 24.6 Å². The van der Waals surface area contributed by atoms with Gasteiger partial charge in [-0.1, -0.05) is 60.2 Å². The molecule has 3 rings (SSSR count). The maximum Gasteiger partial charge on any atom is 0.244 e. The molecular weight excluding hydrogens is 302 g/mol. The lowest BCUT2D eigenvalue weighted by atomic mass is 10.1. The number of nitrogens with zero attached hydrogens (tertiary/aromatic N) is 4. The highest BCUT2D eigenvalue weighted by atomic mass is 16.2. The van der Waals surface area contributed by atoms with Gasteiger partial charge >= 0.3 is 0 Å². The molecule has 1 heterocycles. The average Bonchev–Trinajstić information content (AvgIpc) is 3.04. The molecule has 1 N–H and O–H groups in total. The summed E-state index contributed by atoms with van der Waals surface area (Å²) in [4.78, 5) is 13.5. The monoisotopic (exact) mass is 321 g/mol. The van der Waals surface area contributed by atoms with Crippen molar-refractivity contribution in [3.8, 4) is 11.4 Å². The van der Waals surface area contributed by atoms with Crippen LogP contribution in [-0.2, 0) is 11.3 Å². The highest BCUT2D eigenvalue weighted by Gasteiger charge is 2.12. The van der Waals surface area contributed by atoms with E-state index >= 15 is 0 Å². The fraction of sp³-hybridized carbons (Fsp3) is 0.222. The molecular formula is C18H19N5O. The van der Waals surface area contributed by atoms with E-state index in [1.54, 1.807) is 0 Å². The second-order valence-electron chi connectivity index (χ2n) is 5.71. The smallest absolute Gasteiger partial charge is 0.244 e. The van der Waals surface area contributed by atoms with Crippen molar-refractivity contribution in [2.24, 2.45) is 0 Å². The summed E-state index contributed by atoms with van der Waals surface area (Å²) in [5.74, 6) is 0.359. The van der Waals surface area contributed by atoms with Crippen LogP contribution in [-0.4, -0.2) is 26.1 Å². The molecule has 0 aliphatic heterocycles. The van der Waals surface area contributed by atoms with E-state index in [-0.39, 0.29) is 18.5 Å². The maximum absolute atomic E-state index is 12.1. The number of carbonyl (C=O) groups excluding carboxylic acids is 1. The van der Waals surface area contributed by atoms with E-state index in [1.165, 1.54) is 10.4 Å². The van der Waals surface area contributed by atoms with Crippen molar-refractivity contribution >= 4 is 5.91 Å². The van der Waals surface area contributed by atoms with Gasteiger partial charge in [-0.15, -0.1) is 10.2 Å². The minimum Gasteiger partial charge on any atom is -0.348 e. The Balaban J connectivity index is 1.62. The van der Waals surface area contributed by atoms with Gasteiger partial charge in [0.05, 0.1) is 6.04 Å². The first-order valence-electron chi connectivity index (χ1n) is 7.81. The third-order valence-corrected chi connectivity index (χ3v) is 3.72. The highest BCUT2D eigenvalue weighted by molar-refractivity contribution is 5.76. The molecule has 0 spiro atoms. The number of tetrazole rings is 1. The number of aromatic nitrogens is 4. The van der Waals surface area contributed by atoms with E-state index in [9.17, 15) is 4.79 Å². The van der Waals surface area contributed by atoms with Crippen LogP contribution in [0.5, 0.6) is 0 Å². The molecule has 2 aromatic carbocycles. The number of benzene rings is 2. The van der Waals surface area contributed by atoms with E-state index in [4.69, 9.17) is 0 Å². The Morgan fingerprint density at radius 1 is 1.12 bits per heavy atom. The molecule has 3 aromatic rings. The van der Waals surface area contributed by atoms with Crippen molar-refractivity contribution in [1.82, 2.24) is 25.5 Å². The normalized spacial score (nSPS) is 11.9. The number of hydrogen-bond acceptors (Lipinski definition) is 4. The van der Waals surface area contributed by atoms with Gasteiger partial charge in [0.15, 0.2) is 0 Å². The maximum atomic E-state index is 12.1. The van der Waals surface area contributed by atoms with Gasteiger partial charge in [-0.2, -0.15) is 4.80 Å². The van der Waals surface area contributed by atoms with Crippen LogP contribution in [0.2, 0.25) is 0 Å². The summed E-state index contributed by atoms with van der Waals surface area (Å²) in [7, 11) is 0. The Hall–Kier alpha value is -3.02. The van der Waals surface area contributed by atoms with Crippen LogP contribution in [0.3, 0.4) is 0 Å². The average molecular weight is 321 g/mol. The number of rotatable bonds is 5. The SMILES string of the molecule is Cc1ccc(-c2nnn(CC(=O)NC(C)c3ccccc3)n2)cc1. The first-order chi connectivity index (χ1) is 11.6. The lowest BCUT2D eigenvalue weighted by Gasteiger charge is -2.13. The Kier molecular flexibility index (Phi) is 4.65. The molecule has 122 valence electrons. The molecule has 1 atom stereocenters. The first kappa shape index (κ1) is 15.9. The van der Waals surface area contributed by atoms with Gasteiger partial charge in [-0.3, -0.25) is 4.79 Å². The second-order valence-corrected chi connectivity index (χ2v) is 5.71. The van der Waals surface area contributed by atoms with E-state index in [1.807, 2.05) is 68.4 Å². The van der Waals surface area contributed by atoms with Crippen molar-refractivity contribution in [3.63, 3.8) is 0 Å². The topological polar surface area (TPSA) is 72.7 Å². The van der Waals surface area contributed by atoms with Crippen molar-refractivity contribution in [3.05, 3.63) is 65.7 Å². The van der Waals surface area contributed by atoms with Crippen LogP contribution in [0.1, 0.15) is 24.1 Å². The third-order valence-electron chi connectivity index (χ3n) is 3.72. The summed E-state index contributed by atoms with van der Waals surface area (Å²) >= 11 is 0. The minimum atomic E-state index is -0.154. The Labute approximate surface area is 140 Å². The Morgan fingerprint density at radius 2 is 1.83 bits per heavy atom. The van der Waals surface area contributed by atoms with Crippen LogP contribution >= 0.6 is 0 Å². The second kappa shape index (κ2) is 7.04. The zero-order chi connectivity index (χ0) is 16.9. The van der Waals surface area contributed by atoms with E-state index in [0.717, 1.165) is 11.1 Å². The summed E-state index contributed by atoms with van der Waals surface area (Å²) in [6, 6.07) is 17.6. The lowest BCUT2D eigenvalue weighted by Crippen LogP contribution is -2.30. The van der Waals surface area contributed by atoms with E-state index < -0.39 is 0 Å². The van der Waals surface area contributed by atoms with Gasteiger partial charge in [0.25, 0.3) is 0 Å². The predicted molar refractivity (Wildman–Crippen MR) is 91.0 cm³/mol. The van der Waals surface area contributed by atoms with Crippen LogP contribution in [0.15, 0.2) is 54.6 Å². The standard InChI is InChI=1S/C18H19N5O/c1-13-8-10-16(11-9-13)18-20-22-23(21-18)12-17(24)19-14(2)15-6-4-3-5-7-15/h3-11,14H,12H2,1-2H3,(H,19,24). The molecule has 1 unspecified atom stereocenters. The highest BCUT2D eigenvalue weighted by Crippen LogP contribution is 2.14. The molecule has 24 heavy (non-hydrogen) atoms. The summed E-state index contributed by atoms with van der Waals surface area (Å²) in [6.45, 7) is 4.00. The molecule has 0 saturated heterocycles. The Bertz CT molecular complexity index is 811. The number of amides is 1. The molecule has 0 bridgehead atoms. The molecule has 0 radical (unpaired) electrons. The molecule has 6 heteroatoms. The number of hydrogen-bond donors (Lipinski definition) is 1. The van der Waals surface area contributed by atoms with Gasteiger partial charge in [-0.25, -0.2) is 0 Å². The summed E-state index contributed by atoms with van der Waals surface area (Å²) in [6.07, 6.45) is 0. The summed E-state index contributed by atoms with van der Waals surface area (Å²) in [5, 5.41) is 15.2. The summed E-state index contributed by atoms with van der Waals surface area (Å²) in [5.41, 5.74) is 3.10. The molecule has 6 nitrogen and oxygen atoms in total. The molecule has 0 aliphatic carbocycles. The van der Waals surface area contributed by atoms with Gasteiger partial charge in [0.2, 0.25) is 11.7 Å². The first-order valence-corrected chi connectivity index (χ1v) is 7.81. The fourth-order valence-electron chi connectivity index (χ4n) is 2.37. The van der Waals surface area contributed by atoms with Crippen LogP contribution < -0.4 is 5.32 Å². The predicted octanol–water partition coefficient (Wildman–Crippen LogP) is 2.53.